The van der Waals surface area contributed by atoms with E-state index in [-0.39, 0.29) is 5.78 Å². The maximum atomic E-state index is 13.6. The van der Waals surface area contributed by atoms with Crippen LogP contribution in [0.5, 0.6) is 23.0 Å². The Labute approximate surface area is 182 Å². The molecule has 0 bridgehead atoms. The number of Topliss-reactive ketones (excluding diaryl/α,β-unsaturated/α-hetero) is 1. The number of hydrogen-bond donors (Lipinski definition) is 0. The van der Waals surface area contributed by atoms with E-state index in [0.717, 1.165) is 11.1 Å². The summed E-state index contributed by atoms with van der Waals surface area (Å²) in [7, 11) is 6.17. The smallest absolute Gasteiger partial charge is 0.303 e. The minimum absolute atomic E-state index is 0.316. The number of ether oxygens (including phenoxy) is 5. The summed E-state index contributed by atoms with van der Waals surface area (Å²) < 4.78 is 27.4. The van der Waals surface area contributed by atoms with Gasteiger partial charge in [0.15, 0.2) is 17.6 Å². The Hall–Kier alpha value is -3.22. The third-order valence-electron chi connectivity index (χ3n) is 5.87. The normalized spacial score (nSPS) is 19.3. The fourth-order valence-corrected chi connectivity index (χ4v) is 4.41. The topological polar surface area (TPSA) is 80.3 Å². The zero-order valence-electron chi connectivity index (χ0n) is 18.9. The van der Waals surface area contributed by atoms with E-state index in [9.17, 15) is 9.59 Å². The molecule has 0 saturated carbocycles. The van der Waals surface area contributed by atoms with Gasteiger partial charge in [-0.25, -0.2) is 0 Å². The molecule has 7 heteroatoms. The monoisotopic (exact) mass is 428 g/mol. The van der Waals surface area contributed by atoms with Crippen molar-refractivity contribution in [3.63, 3.8) is 0 Å². The highest BCUT2D eigenvalue weighted by molar-refractivity contribution is 6.06. The number of benzene rings is 2. The first kappa shape index (κ1) is 22.5. The molecular formula is C24H28O7. The molecule has 0 aromatic heterocycles. The van der Waals surface area contributed by atoms with Crippen molar-refractivity contribution in [2.75, 3.05) is 28.4 Å². The lowest BCUT2D eigenvalue weighted by atomic mass is 9.61. The van der Waals surface area contributed by atoms with Crippen molar-refractivity contribution in [2.24, 2.45) is 0 Å². The molecule has 166 valence electrons. The number of hydrogen-bond acceptors (Lipinski definition) is 7. The number of esters is 1. The second kappa shape index (κ2) is 8.49. The summed E-state index contributed by atoms with van der Waals surface area (Å²) in [6, 6.07) is 8.96. The molecular weight excluding hydrogens is 400 g/mol. The van der Waals surface area contributed by atoms with E-state index in [0.29, 0.717) is 28.6 Å². The molecule has 0 radical (unpaired) electrons. The van der Waals surface area contributed by atoms with E-state index in [1.807, 2.05) is 32.0 Å². The lowest BCUT2D eigenvalue weighted by Gasteiger charge is -2.44. The first-order valence-corrected chi connectivity index (χ1v) is 9.89. The average molecular weight is 428 g/mol. The Morgan fingerprint density at radius 3 is 2.06 bits per heavy atom. The van der Waals surface area contributed by atoms with Crippen LogP contribution in [0.15, 0.2) is 30.3 Å². The van der Waals surface area contributed by atoms with Gasteiger partial charge in [0.25, 0.3) is 0 Å². The van der Waals surface area contributed by atoms with Crippen LogP contribution in [0.25, 0.3) is 0 Å². The molecule has 0 saturated heterocycles. The van der Waals surface area contributed by atoms with Crippen molar-refractivity contribution in [2.45, 2.75) is 38.2 Å². The predicted molar refractivity (Wildman–Crippen MR) is 115 cm³/mol. The molecule has 2 atom stereocenters. The van der Waals surface area contributed by atoms with Crippen molar-refractivity contribution < 1.29 is 33.3 Å². The lowest BCUT2D eigenvalue weighted by Crippen LogP contribution is -2.47. The summed E-state index contributed by atoms with van der Waals surface area (Å²) in [5.41, 5.74) is 1.33. The fraction of sp³-hybridized carbons (Fsp3) is 0.417. The molecule has 7 nitrogen and oxygen atoms in total. The molecule has 2 unspecified atom stereocenters. The van der Waals surface area contributed by atoms with Gasteiger partial charge in [-0.05, 0) is 29.3 Å². The highest BCUT2D eigenvalue weighted by Crippen LogP contribution is 2.52. The number of carbonyl (C=O) groups is 2. The standard InChI is InChI=1S/C24H28O7/c1-13(25)31-23-21(14-8-9-17(28-5)18(10-14)29-6)24(2,3)16-11-15(27-4)12-19(30-7)20(16)22(23)26/h8-12,21,23H,1-7H3. The molecule has 0 heterocycles. The van der Waals surface area contributed by atoms with Crippen LogP contribution in [-0.4, -0.2) is 46.3 Å². The molecule has 0 aliphatic heterocycles. The van der Waals surface area contributed by atoms with E-state index in [1.165, 1.54) is 14.0 Å². The number of fused-ring (bicyclic) bond motifs is 1. The second-order valence-electron chi connectivity index (χ2n) is 7.96. The van der Waals surface area contributed by atoms with E-state index in [2.05, 4.69) is 0 Å². The Kier molecular flexibility index (Phi) is 6.15. The van der Waals surface area contributed by atoms with Crippen molar-refractivity contribution in [3.8, 4) is 23.0 Å². The van der Waals surface area contributed by atoms with E-state index < -0.39 is 23.4 Å². The van der Waals surface area contributed by atoms with Gasteiger partial charge in [-0.15, -0.1) is 0 Å². The van der Waals surface area contributed by atoms with Gasteiger partial charge >= 0.3 is 5.97 Å². The predicted octanol–water partition coefficient (Wildman–Crippen LogP) is 3.91. The molecule has 31 heavy (non-hydrogen) atoms. The van der Waals surface area contributed by atoms with Gasteiger partial charge in [-0.1, -0.05) is 19.9 Å². The molecule has 0 spiro atoms. The van der Waals surface area contributed by atoms with Crippen molar-refractivity contribution >= 4 is 11.8 Å². The van der Waals surface area contributed by atoms with Gasteiger partial charge in [0, 0.05) is 24.3 Å². The van der Waals surface area contributed by atoms with Crippen LogP contribution in [0.1, 0.15) is 48.2 Å². The fourth-order valence-electron chi connectivity index (χ4n) is 4.41. The number of ketones is 1. The summed E-state index contributed by atoms with van der Waals surface area (Å²) in [6.07, 6.45) is -1.03. The third-order valence-corrected chi connectivity index (χ3v) is 5.87. The highest BCUT2D eigenvalue weighted by Gasteiger charge is 2.51. The van der Waals surface area contributed by atoms with Crippen molar-refractivity contribution in [1.29, 1.82) is 0 Å². The Morgan fingerprint density at radius 1 is 0.871 bits per heavy atom. The first-order valence-electron chi connectivity index (χ1n) is 9.89. The van der Waals surface area contributed by atoms with E-state index >= 15 is 0 Å². The van der Waals surface area contributed by atoms with Gasteiger partial charge < -0.3 is 23.7 Å². The molecule has 0 fully saturated rings. The summed E-state index contributed by atoms with van der Waals surface area (Å²) in [5, 5.41) is 0. The van der Waals surface area contributed by atoms with Crippen LogP contribution < -0.4 is 18.9 Å². The quantitative estimate of drug-likeness (QED) is 0.645. The molecule has 3 rings (SSSR count). The van der Waals surface area contributed by atoms with Crippen molar-refractivity contribution in [3.05, 3.63) is 47.0 Å². The second-order valence-corrected chi connectivity index (χ2v) is 7.96. The minimum Gasteiger partial charge on any atom is -0.497 e. The van der Waals surface area contributed by atoms with Crippen LogP contribution in [0.3, 0.4) is 0 Å². The highest BCUT2D eigenvalue weighted by atomic mass is 16.5. The van der Waals surface area contributed by atoms with Gasteiger partial charge in [-0.3, -0.25) is 9.59 Å². The number of carbonyl (C=O) groups excluding carboxylic acids is 2. The molecule has 2 aromatic carbocycles. The van der Waals surface area contributed by atoms with Gasteiger partial charge in [0.1, 0.15) is 11.5 Å². The molecule has 0 amide bonds. The zero-order chi connectivity index (χ0) is 22.9. The maximum absolute atomic E-state index is 13.6. The lowest BCUT2D eigenvalue weighted by molar-refractivity contribution is -0.146. The van der Waals surface area contributed by atoms with Gasteiger partial charge in [-0.2, -0.15) is 0 Å². The van der Waals surface area contributed by atoms with Crippen LogP contribution in [0, 0.1) is 0 Å². The SMILES string of the molecule is COc1cc(OC)c2c(c1)C(C)(C)C(c1ccc(OC)c(OC)c1)C(OC(C)=O)C2=O. The Morgan fingerprint density at radius 2 is 1.52 bits per heavy atom. The third kappa shape index (κ3) is 3.80. The van der Waals surface area contributed by atoms with E-state index in [1.54, 1.807) is 33.5 Å². The summed E-state index contributed by atoms with van der Waals surface area (Å²) in [5.74, 6) is 0.731. The summed E-state index contributed by atoms with van der Waals surface area (Å²) in [6.45, 7) is 5.32. The average Bonchev–Trinajstić information content (AvgIpc) is 2.75. The summed E-state index contributed by atoms with van der Waals surface area (Å²) >= 11 is 0. The summed E-state index contributed by atoms with van der Waals surface area (Å²) in [4.78, 5) is 25.6. The number of methoxy groups -OCH3 is 4. The van der Waals surface area contributed by atoms with Crippen LogP contribution in [-0.2, 0) is 14.9 Å². The Bertz CT molecular complexity index is 1010. The number of rotatable bonds is 6. The largest absolute Gasteiger partial charge is 0.497 e. The van der Waals surface area contributed by atoms with Crippen LogP contribution in [0.2, 0.25) is 0 Å². The molecule has 0 N–H and O–H groups in total. The molecule has 2 aromatic rings. The molecule has 1 aliphatic carbocycles. The molecule has 1 aliphatic rings. The van der Waals surface area contributed by atoms with Gasteiger partial charge in [0.2, 0.25) is 5.78 Å². The van der Waals surface area contributed by atoms with Crippen molar-refractivity contribution in [1.82, 2.24) is 0 Å². The van der Waals surface area contributed by atoms with E-state index in [4.69, 9.17) is 23.7 Å². The maximum Gasteiger partial charge on any atom is 0.303 e. The van der Waals surface area contributed by atoms with Crippen LogP contribution >= 0.6 is 0 Å². The van der Waals surface area contributed by atoms with Crippen LogP contribution in [0.4, 0.5) is 0 Å². The first-order chi connectivity index (χ1) is 14.7. The zero-order valence-corrected chi connectivity index (χ0v) is 18.9. The van der Waals surface area contributed by atoms with Gasteiger partial charge in [0.05, 0.1) is 34.0 Å². The Balaban J connectivity index is 2.30. The minimum atomic E-state index is -1.03.